The van der Waals surface area contributed by atoms with Gasteiger partial charge in [0, 0.05) is 12.1 Å². The number of alkyl halides is 1. The van der Waals surface area contributed by atoms with Crippen molar-refractivity contribution in [2.45, 2.75) is 45.0 Å². The third-order valence-electron chi connectivity index (χ3n) is 3.51. The second-order valence-electron chi connectivity index (χ2n) is 4.88. The van der Waals surface area contributed by atoms with E-state index in [1.54, 1.807) is 7.11 Å². The molecule has 4 heteroatoms. The highest BCUT2D eigenvalue weighted by Gasteiger charge is 2.15. The number of rotatable bonds is 6. The van der Waals surface area contributed by atoms with Crippen LogP contribution in [0.25, 0.3) is 11.0 Å². The second-order valence-corrected chi connectivity index (χ2v) is 5.14. The number of fused-ring (bicyclic) bond motifs is 1. The number of aromatic nitrogens is 2. The Bertz CT molecular complexity index is 550. The summed E-state index contributed by atoms with van der Waals surface area (Å²) in [5.74, 6) is 2.21. The summed E-state index contributed by atoms with van der Waals surface area (Å²) < 4.78 is 7.51. The largest absolute Gasteiger partial charge is 0.497 e. The average molecular weight is 281 g/mol. The molecule has 0 radical (unpaired) electrons. The first-order valence-corrected chi connectivity index (χ1v) is 7.35. The van der Waals surface area contributed by atoms with Crippen LogP contribution in [0.5, 0.6) is 5.75 Å². The van der Waals surface area contributed by atoms with E-state index >= 15 is 0 Å². The maximum Gasteiger partial charge on any atom is 0.125 e. The molecule has 1 aromatic carbocycles. The fourth-order valence-corrected chi connectivity index (χ4v) is 2.66. The van der Waals surface area contributed by atoms with Crippen molar-refractivity contribution in [1.29, 1.82) is 0 Å². The molecular formula is C15H21ClN2O. The lowest BCUT2D eigenvalue weighted by Gasteiger charge is -2.16. The minimum Gasteiger partial charge on any atom is -0.497 e. The predicted octanol–water partition coefficient (Wildman–Crippen LogP) is 4.53. The zero-order valence-electron chi connectivity index (χ0n) is 11.8. The monoisotopic (exact) mass is 280 g/mol. The number of unbranched alkanes of at least 4 members (excludes halogenated alkanes) is 1. The SMILES string of the molecule is CCCCC(C)n1c(CCl)nc2cc(OC)ccc21. The van der Waals surface area contributed by atoms with Crippen molar-refractivity contribution >= 4 is 22.6 Å². The van der Waals surface area contributed by atoms with Gasteiger partial charge in [-0.1, -0.05) is 19.8 Å². The molecule has 0 fully saturated rings. The number of ether oxygens (including phenoxy) is 1. The van der Waals surface area contributed by atoms with Crippen LogP contribution in [0.15, 0.2) is 18.2 Å². The lowest BCUT2D eigenvalue weighted by Crippen LogP contribution is -2.08. The molecule has 1 atom stereocenters. The number of methoxy groups -OCH3 is 1. The van der Waals surface area contributed by atoms with Gasteiger partial charge in [0.1, 0.15) is 11.6 Å². The fraction of sp³-hybridized carbons (Fsp3) is 0.533. The Morgan fingerprint density at radius 2 is 2.21 bits per heavy atom. The molecule has 0 amide bonds. The van der Waals surface area contributed by atoms with Gasteiger partial charge in [-0.05, 0) is 25.5 Å². The molecule has 104 valence electrons. The zero-order chi connectivity index (χ0) is 13.8. The van der Waals surface area contributed by atoms with Crippen molar-refractivity contribution in [2.24, 2.45) is 0 Å². The van der Waals surface area contributed by atoms with Crippen molar-refractivity contribution in [3.05, 3.63) is 24.0 Å². The molecule has 1 unspecified atom stereocenters. The molecule has 0 spiro atoms. The van der Waals surface area contributed by atoms with Crippen LogP contribution in [0.2, 0.25) is 0 Å². The van der Waals surface area contributed by atoms with Gasteiger partial charge in [-0.15, -0.1) is 11.6 Å². The van der Waals surface area contributed by atoms with Gasteiger partial charge in [0.2, 0.25) is 0 Å². The summed E-state index contributed by atoms with van der Waals surface area (Å²) in [6, 6.07) is 6.44. The number of hydrogen-bond donors (Lipinski definition) is 0. The Hall–Kier alpha value is -1.22. The van der Waals surface area contributed by atoms with E-state index in [0.29, 0.717) is 11.9 Å². The van der Waals surface area contributed by atoms with Crippen LogP contribution in [0.3, 0.4) is 0 Å². The topological polar surface area (TPSA) is 27.1 Å². The molecule has 2 aromatic rings. The van der Waals surface area contributed by atoms with Crippen molar-refractivity contribution in [2.75, 3.05) is 7.11 Å². The fourth-order valence-electron chi connectivity index (χ4n) is 2.47. The van der Waals surface area contributed by atoms with Gasteiger partial charge >= 0.3 is 0 Å². The van der Waals surface area contributed by atoms with Gasteiger partial charge in [-0.25, -0.2) is 4.98 Å². The van der Waals surface area contributed by atoms with Gasteiger partial charge in [0.05, 0.1) is 24.0 Å². The highest BCUT2D eigenvalue weighted by molar-refractivity contribution is 6.16. The average Bonchev–Trinajstić information content (AvgIpc) is 2.81. The van der Waals surface area contributed by atoms with Crippen molar-refractivity contribution in [3.63, 3.8) is 0 Å². The third kappa shape index (κ3) is 2.86. The Kier molecular flexibility index (Phi) is 4.70. The number of imidazole rings is 1. The summed E-state index contributed by atoms with van der Waals surface area (Å²) in [5.41, 5.74) is 2.10. The van der Waals surface area contributed by atoms with E-state index in [0.717, 1.165) is 29.0 Å². The number of benzene rings is 1. The highest BCUT2D eigenvalue weighted by Crippen LogP contribution is 2.27. The molecule has 0 bridgehead atoms. The second kappa shape index (κ2) is 6.29. The quantitative estimate of drug-likeness (QED) is 0.727. The van der Waals surface area contributed by atoms with Gasteiger partial charge in [0.25, 0.3) is 0 Å². The van der Waals surface area contributed by atoms with Gasteiger partial charge in [0.15, 0.2) is 0 Å². The van der Waals surface area contributed by atoms with E-state index in [9.17, 15) is 0 Å². The maximum absolute atomic E-state index is 6.04. The summed E-state index contributed by atoms with van der Waals surface area (Å²) in [4.78, 5) is 4.62. The van der Waals surface area contributed by atoms with Gasteiger partial charge in [-0.2, -0.15) is 0 Å². The molecule has 1 heterocycles. The molecule has 3 nitrogen and oxygen atoms in total. The van der Waals surface area contributed by atoms with E-state index < -0.39 is 0 Å². The molecule has 0 N–H and O–H groups in total. The van der Waals surface area contributed by atoms with E-state index in [1.807, 2.05) is 12.1 Å². The van der Waals surface area contributed by atoms with Gasteiger partial charge < -0.3 is 9.30 Å². The smallest absolute Gasteiger partial charge is 0.125 e. The number of nitrogens with zero attached hydrogens (tertiary/aromatic N) is 2. The zero-order valence-corrected chi connectivity index (χ0v) is 12.6. The van der Waals surface area contributed by atoms with E-state index in [1.165, 1.54) is 12.8 Å². The normalized spacial score (nSPS) is 12.8. The molecule has 2 rings (SSSR count). The lowest BCUT2D eigenvalue weighted by atomic mass is 10.1. The molecule has 0 aliphatic carbocycles. The van der Waals surface area contributed by atoms with Crippen molar-refractivity contribution in [3.8, 4) is 5.75 Å². The van der Waals surface area contributed by atoms with Crippen molar-refractivity contribution in [1.82, 2.24) is 9.55 Å². The third-order valence-corrected chi connectivity index (χ3v) is 3.74. The molecule has 1 aromatic heterocycles. The molecule has 19 heavy (non-hydrogen) atoms. The van der Waals surface area contributed by atoms with Crippen LogP contribution in [0.4, 0.5) is 0 Å². The minimum atomic E-state index is 0.423. The maximum atomic E-state index is 6.04. The first kappa shape index (κ1) is 14.2. The van der Waals surface area contributed by atoms with E-state index in [-0.39, 0.29) is 0 Å². The number of hydrogen-bond acceptors (Lipinski definition) is 2. The summed E-state index contributed by atoms with van der Waals surface area (Å²) in [6.45, 7) is 4.45. The molecule has 0 saturated carbocycles. The summed E-state index contributed by atoms with van der Waals surface area (Å²) in [5, 5.41) is 0. The van der Waals surface area contributed by atoms with Crippen LogP contribution >= 0.6 is 11.6 Å². The lowest BCUT2D eigenvalue weighted by molar-refractivity contribution is 0.415. The van der Waals surface area contributed by atoms with Crippen LogP contribution in [-0.4, -0.2) is 16.7 Å². The summed E-state index contributed by atoms with van der Waals surface area (Å²) in [6.07, 6.45) is 3.58. The highest BCUT2D eigenvalue weighted by atomic mass is 35.5. The van der Waals surface area contributed by atoms with Crippen LogP contribution in [0.1, 0.15) is 45.0 Å². The summed E-state index contributed by atoms with van der Waals surface area (Å²) in [7, 11) is 1.67. The first-order chi connectivity index (χ1) is 9.21. The first-order valence-electron chi connectivity index (χ1n) is 6.82. The molecule has 0 aliphatic rings. The minimum absolute atomic E-state index is 0.423. The van der Waals surface area contributed by atoms with E-state index in [2.05, 4.69) is 29.5 Å². The Labute approximate surface area is 119 Å². The molecule has 0 saturated heterocycles. The van der Waals surface area contributed by atoms with Crippen molar-refractivity contribution < 1.29 is 4.74 Å². The van der Waals surface area contributed by atoms with Gasteiger partial charge in [-0.3, -0.25) is 0 Å². The Morgan fingerprint density at radius 3 is 2.84 bits per heavy atom. The molecule has 0 aliphatic heterocycles. The molecular weight excluding hydrogens is 260 g/mol. The van der Waals surface area contributed by atoms with Crippen LogP contribution in [-0.2, 0) is 5.88 Å². The Morgan fingerprint density at radius 1 is 1.42 bits per heavy atom. The Balaban J connectivity index is 2.45. The number of halogens is 1. The standard InChI is InChI=1S/C15H21ClN2O/c1-4-5-6-11(2)18-14-8-7-12(19-3)9-13(14)17-15(18)10-16/h7-9,11H,4-6,10H2,1-3H3. The van der Waals surface area contributed by atoms with Crippen LogP contribution < -0.4 is 4.74 Å². The van der Waals surface area contributed by atoms with Crippen LogP contribution in [0, 0.1) is 0 Å². The van der Waals surface area contributed by atoms with E-state index in [4.69, 9.17) is 16.3 Å². The predicted molar refractivity (Wildman–Crippen MR) is 80.1 cm³/mol. The summed E-state index contributed by atoms with van der Waals surface area (Å²) >= 11 is 6.04.